The first kappa shape index (κ1) is 18.3. The zero-order chi connectivity index (χ0) is 17.5. The third-order valence-corrected chi connectivity index (χ3v) is 4.00. The van der Waals surface area contributed by atoms with Gasteiger partial charge in [0.15, 0.2) is 0 Å². The van der Waals surface area contributed by atoms with Gasteiger partial charge in [-0.1, -0.05) is 32.0 Å². The molecule has 0 spiro atoms. The second-order valence-corrected chi connectivity index (χ2v) is 6.65. The minimum Gasteiger partial charge on any atom is -0.492 e. The Morgan fingerprint density at radius 2 is 2.08 bits per heavy atom. The number of nitrogens with two attached hydrogens (primary N) is 1. The van der Waals surface area contributed by atoms with Gasteiger partial charge in [-0.25, -0.2) is 0 Å². The highest BCUT2D eigenvalue weighted by Crippen LogP contribution is 2.13. The van der Waals surface area contributed by atoms with Gasteiger partial charge in [0.05, 0.1) is 18.6 Å². The highest BCUT2D eigenvalue weighted by atomic mass is 16.5. The van der Waals surface area contributed by atoms with Gasteiger partial charge in [0, 0.05) is 13.0 Å². The number of ether oxygens (including phenoxy) is 1. The minimum absolute atomic E-state index is 0.0365. The highest BCUT2D eigenvalue weighted by molar-refractivity contribution is 5.84. The monoisotopic (exact) mass is 333 g/mol. The molecule has 6 heteroatoms. The Kier molecular flexibility index (Phi) is 6.61. The molecule has 24 heavy (non-hydrogen) atoms. The number of carbonyl (C=O) groups excluding carboxylic acids is 2. The lowest BCUT2D eigenvalue weighted by Gasteiger charge is -2.19. The summed E-state index contributed by atoms with van der Waals surface area (Å²) in [6, 6.07) is 8.81. The number of hydrogen-bond donors (Lipinski definition) is 2. The summed E-state index contributed by atoms with van der Waals surface area (Å²) in [7, 11) is 0. The molecule has 1 heterocycles. The van der Waals surface area contributed by atoms with Crippen molar-refractivity contribution < 1.29 is 14.3 Å². The molecule has 1 aliphatic rings. The number of carbonyl (C=O) groups is 2. The lowest BCUT2D eigenvalue weighted by atomic mass is 10.0. The van der Waals surface area contributed by atoms with Crippen molar-refractivity contribution in [2.45, 2.75) is 38.8 Å². The molecule has 6 nitrogen and oxygen atoms in total. The molecule has 1 fully saturated rings. The van der Waals surface area contributed by atoms with Crippen molar-refractivity contribution in [3.63, 3.8) is 0 Å². The summed E-state index contributed by atoms with van der Waals surface area (Å²) in [5.41, 5.74) is 5.88. The maximum Gasteiger partial charge on any atom is 0.237 e. The highest BCUT2D eigenvalue weighted by Gasteiger charge is 2.31. The van der Waals surface area contributed by atoms with Crippen LogP contribution in [0.1, 0.15) is 26.7 Å². The molecule has 1 saturated heterocycles. The van der Waals surface area contributed by atoms with Crippen LogP contribution >= 0.6 is 0 Å². The molecule has 1 aliphatic heterocycles. The van der Waals surface area contributed by atoms with Crippen molar-refractivity contribution in [3.05, 3.63) is 30.3 Å². The first-order valence-electron chi connectivity index (χ1n) is 8.47. The Bertz CT molecular complexity index is 548. The van der Waals surface area contributed by atoms with Crippen molar-refractivity contribution in [1.82, 2.24) is 10.2 Å². The second-order valence-electron chi connectivity index (χ2n) is 6.65. The van der Waals surface area contributed by atoms with Crippen LogP contribution in [0.15, 0.2) is 30.3 Å². The van der Waals surface area contributed by atoms with Crippen LogP contribution in [0.5, 0.6) is 5.75 Å². The molecule has 0 bridgehead atoms. The summed E-state index contributed by atoms with van der Waals surface area (Å²) < 4.78 is 5.61. The van der Waals surface area contributed by atoms with Crippen molar-refractivity contribution in [3.8, 4) is 5.75 Å². The van der Waals surface area contributed by atoms with Gasteiger partial charge in [-0.3, -0.25) is 9.59 Å². The fourth-order valence-electron chi connectivity index (χ4n) is 2.80. The van der Waals surface area contributed by atoms with Gasteiger partial charge in [-0.15, -0.1) is 0 Å². The number of nitrogens with one attached hydrogen (secondary N) is 1. The number of likely N-dealkylation sites (tertiary alicyclic amines) is 1. The molecule has 3 N–H and O–H groups in total. The third kappa shape index (κ3) is 5.53. The van der Waals surface area contributed by atoms with Crippen LogP contribution in [-0.2, 0) is 9.59 Å². The molecule has 132 valence electrons. The quantitative estimate of drug-likeness (QED) is 0.747. The van der Waals surface area contributed by atoms with E-state index in [4.69, 9.17) is 10.5 Å². The fraction of sp³-hybridized carbons (Fsp3) is 0.556. The number of amides is 2. The number of benzene rings is 1. The molecule has 0 saturated carbocycles. The average molecular weight is 333 g/mol. The normalized spacial score (nSPS) is 18.8. The van der Waals surface area contributed by atoms with Crippen LogP contribution in [0.2, 0.25) is 0 Å². The van der Waals surface area contributed by atoms with E-state index in [1.165, 1.54) is 0 Å². The minimum atomic E-state index is -0.518. The maximum atomic E-state index is 12.1. The molecular weight excluding hydrogens is 306 g/mol. The Balaban J connectivity index is 1.73. The van der Waals surface area contributed by atoms with E-state index in [0.717, 1.165) is 5.75 Å². The number of hydrogen-bond acceptors (Lipinski definition) is 4. The Morgan fingerprint density at radius 3 is 2.75 bits per heavy atom. The largest absolute Gasteiger partial charge is 0.492 e. The summed E-state index contributed by atoms with van der Waals surface area (Å²) in [6.07, 6.45) is 0.965. The van der Waals surface area contributed by atoms with Gasteiger partial charge in [0.1, 0.15) is 12.4 Å². The molecule has 1 aromatic carbocycles. The van der Waals surface area contributed by atoms with Crippen LogP contribution in [0.25, 0.3) is 0 Å². The molecule has 2 atom stereocenters. The molecule has 0 aliphatic carbocycles. The van der Waals surface area contributed by atoms with Gasteiger partial charge >= 0.3 is 0 Å². The van der Waals surface area contributed by atoms with Gasteiger partial charge in [0.2, 0.25) is 11.8 Å². The van der Waals surface area contributed by atoms with Crippen LogP contribution < -0.4 is 15.8 Å². The van der Waals surface area contributed by atoms with E-state index < -0.39 is 6.04 Å². The summed E-state index contributed by atoms with van der Waals surface area (Å²) in [5.74, 6) is 1.01. The lowest BCUT2D eigenvalue weighted by molar-refractivity contribution is -0.128. The molecule has 0 aromatic heterocycles. The van der Waals surface area contributed by atoms with E-state index in [2.05, 4.69) is 5.32 Å². The molecule has 0 radical (unpaired) electrons. The second kappa shape index (κ2) is 8.68. The molecule has 2 rings (SSSR count). The van der Waals surface area contributed by atoms with E-state index in [1.807, 2.05) is 44.2 Å². The number of nitrogens with zero attached hydrogens (tertiary/aromatic N) is 1. The summed E-state index contributed by atoms with van der Waals surface area (Å²) in [5, 5.41) is 2.89. The first-order valence-corrected chi connectivity index (χ1v) is 8.47. The predicted octanol–water partition coefficient (Wildman–Crippen LogP) is 1.16. The average Bonchev–Trinajstić information content (AvgIpc) is 2.87. The molecule has 1 aromatic rings. The zero-order valence-electron chi connectivity index (χ0n) is 14.4. The van der Waals surface area contributed by atoms with Crippen molar-refractivity contribution in [2.75, 3.05) is 19.7 Å². The summed E-state index contributed by atoms with van der Waals surface area (Å²) in [4.78, 5) is 25.8. The van der Waals surface area contributed by atoms with Crippen molar-refractivity contribution in [2.24, 2.45) is 11.7 Å². The van der Waals surface area contributed by atoms with Crippen molar-refractivity contribution in [1.29, 1.82) is 0 Å². The van der Waals surface area contributed by atoms with Gasteiger partial charge < -0.3 is 20.7 Å². The lowest BCUT2D eigenvalue weighted by Crippen LogP contribution is -2.46. The van der Waals surface area contributed by atoms with Gasteiger partial charge in [-0.05, 0) is 24.5 Å². The third-order valence-electron chi connectivity index (χ3n) is 4.00. The fourth-order valence-corrected chi connectivity index (χ4v) is 2.80. The van der Waals surface area contributed by atoms with Crippen molar-refractivity contribution >= 4 is 11.8 Å². The molecule has 1 unspecified atom stereocenters. The van der Waals surface area contributed by atoms with Crippen LogP contribution in [0.4, 0.5) is 0 Å². The van der Waals surface area contributed by atoms with E-state index in [0.29, 0.717) is 38.5 Å². The number of rotatable bonds is 8. The van der Waals surface area contributed by atoms with E-state index in [1.54, 1.807) is 4.90 Å². The van der Waals surface area contributed by atoms with Gasteiger partial charge in [0.25, 0.3) is 0 Å². The Morgan fingerprint density at radius 1 is 1.38 bits per heavy atom. The molecular formula is C18H27N3O3. The SMILES string of the molecule is CC(C)C[C@H](N)C(=O)NC1CC(=O)N(CCOc2ccccc2)C1. The first-order chi connectivity index (χ1) is 11.5. The van der Waals surface area contributed by atoms with E-state index >= 15 is 0 Å². The van der Waals surface area contributed by atoms with Gasteiger partial charge in [-0.2, -0.15) is 0 Å². The predicted molar refractivity (Wildman–Crippen MR) is 92.5 cm³/mol. The molecule has 2 amide bonds. The topological polar surface area (TPSA) is 84.7 Å². The smallest absolute Gasteiger partial charge is 0.237 e. The number of para-hydroxylation sites is 1. The van der Waals surface area contributed by atoms with E-state index in [9.17, 15) is 9.59 Å². The zero-order valence-corrected chi connectivity index (χ0v) is 14.4. The summed E-state index contributed by atoms with van der Waals surface area (Å²) >= 11 is 0. The van der Waals surface area contributed by atoms with Crippen LogP contribution in [0, 0.1) is 5.92 Å². The van der Waals surface area contributed by atoms with Crippen LogP contribution in [-0.4, -0.2) is 48.5 Å². The summed E-state index contributed by atoms with van der Waals surface area (Å²) in [6.45, 7) is 5.51. The van der Waals surface area contributed by atoms with E-state index in [-0.39, 0.29) is 17.9 Å². The Labute approximate surface area is 143 Å². The Hall–Kier alpha value is -2.08. The maximum absolute atomic E-state index is 12.1. The standard InChI is InChI=1S/C18H27N3O3/c1-13(2)10-16(19)18(23)20-14-11-17(22)21(12-14)8-9-24-15-6-4-3-5-7-15/h3-7,13-14,16H,8-12,19H2,1-2H3,(H,20,23)/t14?,16-/m0/s1. The van der Waals surface area contributed by atoms with Crippen LogP contribution in [0.3, 0.4) is 0 Å².